The van der Waals surface area contributed by atoms with E-state index < -0.39 is 0 Å². The lowest BCUT2D eigenvalue weighted by Gasteiger charge is -2.11. The van der Waals surface area contributed by atoms with Gasteiger partial charge in [0.2, 0.25) is 0 Å². The number of ether oxygens (including phenoxy) is 1. The van der Waals surface area contributed by atoms with Gasteiger partial charge in [0.05, 0.1) is 12.6 Å². The van der Waals surface area contributed by atoms with E-state index in [1.807, 2.05) is 6.07 Å². The standard InChI is InChI=1S/C14H15Cl2N3O2S/c15-10-4-3-9(12(16)6-10)8-22-14-18-17-13(20)19(14)7-11-2-1-5-21-11/h3-4,6,11H,1-2,5,7-8H2,(H,17,20)/t11-/m1/s1. The highest BCUT2D eigenvalue weighted by Crippen LogP contribution is 2.27. The maximum atomic E-state index is 11.9. The maximum absolute atomic E-state index is 11.9. The third-order valence-corrected chi connectivity index (χ3v) is 5.12. The molecule has 22 heavy (non-hydrogen) atoms. The quantitative estimate of drug-likeness (QED) is 0.831. The van der Waals surface area contributed by atoms with Crippen molar-refractivity contribution in [1.29, 1.82) is 0 Å². The largest absolute Gasteiger partial charge is 0.376 e. The van der Waals surface area contributed by atoms with Crippen molar-refractivity contribution < 1.29 is 4.74 Å². The molecule has 0 amide bonds. The molecule has 0 radical (unpaired) electrons. The molecule has 1 N–H and O–H groups in total. The number of benzene rings is 1. The van der Waals surface area contributed by atoms with Gasteiger partial charge in [0.1, 0.15) is 0 Å². The fourth-order valence-electron chi connectivity index (χ4n) is 2.35. The van der Waals surface area contributed by atoms with Crippen LogP contribution in [0.25, 0.3) is 0 Å². The number of H-pyrrole nitrogens is 1. The lowest BCUT2D eigenvalue weighted by atomic mass is 10.2. The van der Waals surface area contributed by atoms with Gasteiger partial charge in [-0.3, -0.25) is 4.57 Å². The molecule has 0 bridgehead atoms. The molecule has 5 nitrogen and oxygen atoms in total. The van der Waals surface area contributed by atoms with Gasteiger partial charge in [0.15, 0.2) is 5.16 Å². The highest BCUT2D eigenvalue weighted by atomic mass is 35.5. The number of hydrogen-bond acceptors (Lipinski definition) is 4. The summed E-state index contributed by atoms with van der Waals surface area (Å²) in [6.07, 6.45) is 2.11. The van der Waals surface area contributed by atoms with Gasteiger partial charge in [-0.25, -0.2) is 9.89 Å². The second-order valence-corrected chi connectivity index (χ2v) is 6.87. The van der Waals surface area contributed by atoms with Crippen LogP contribution in [-0.4, -0.2) is 27.5 Å². The Balaban J connectivity index is 1.71. The first-order valence-corrected chi connectivity index (χ1v) is 8.71. The van der Waals surface area contributed by atoms with Gasteiger partial charge in [-0.2, -0.15) is 0 Å². The molecule has 8 heteroatoms. The molecule has 1 aliphatic heterocycles. The summed E-state index contributed by atoms with van der Waals surface area (Å²) in [5.74, 6) is 0.617. The molecule has 2 aromatic rings. The predicted molar refractivity (Wildman–Crippen MR) is 87.8 cm³/mol. The van der Waals surface area contributed by atoms with Crippen molar-refractivity contribution >= 4 is 35.0 Å². The number of thioether (sulfide) groups is 1. The Morgan fingerprint density at radius 3 is 3.05 bits per heavy atom. The number of rotatable bonds is 5. The Morgan fingerprint density at radius 1 is 1.45 bits per heavy atom. The zero-order chi connectivity index (χ0) is 15.5. The van der Waals surface area contributed by atoms with E-state index in [0.29, 0.717) is 27.5 Å². The summed E-state index contributed by atoms with van der Waals surface area (Å²) in [6.45, 7) is 1.30. The van der Waals surface area contributed by atoms with Crippen LogP contribution < -0.4 is 5.69 Å². The van der Waals surface area contributed by atoms with Gasteiger partial charge >= 0.3 is 5.69 Å². The highest BCUT2D eigenvalue weighted by Gasteiger charge is 2.19. The molecular weight excluding hydrogens is 345 g/mol. The minimum absolute atomic E-state index is 0.0915. The Bertz CT molecular complexity index is 710. The Labute approximate surface area is 142 Å². The number of aromatic amines is 1. The summed E-state index contributed by atoms with van der Waals surface area (Å²) < 4.78 is 7.21. The number of aromatic nitrogens is 3. The van der Waals surface area contributed by atoms with E-state index in [9.17, 15) is 4.79 Å². The van der Waals surface area contributed by atoms with Crippen molar-refractivity contribution in [2.45, 2.75) is 36.4 Å². The van der Waals surface area contributed by atoms with Crippen molar-refractivity contribution in [2.75, 3.05) is 6.61 Å². The molecule has 1 aromatic heterocycles. The minimum atomic E-state index is -0.208. The van der Waals surface area contributed by atoms with Gasteiger partial charge < -0.3 is 4.74 Å². The first-order valence-electron chi connectivity index (χ1n) is 6.97. The monoisotopic (exact) mass is 359 g/mol. The van der Waals surface area contributed by atoms with Gasteiger partial charge in [0.25, 0.3) is 0 Å². The zero-order valence-electron chi connectivity index (χ0n) is 11.7. The Kier molecular flexibility index (Phi) is 5.13. The van der Waals surface area contributed by atoms with Gasteiger partial charge in [-0.05, 0) is 30.5 Å². The van der Waals surface area contributed by atoms with Crippen molar-refractivity contribution in [3.63, 3.8) is 0 Å². The third kappa shape index (κ3) is 3.68. The Hall–Kier alpha value is -0.950. The number of halogens is 2. The van der Waals surface area contributed by atoms with E-state index in [0.717, 1.165) is 25.0 Å². The molecule has 118 valence electrons. The van der Waals surface area contributed by atoms with Crippen molar-refractivity contribution in [3.05, 3.63) is 44.3 Å². The second-order valence-electron chi connectivity index (χ2n) is 5.08. The van der Waals surface area contributed by atoms with Gasteiger partial charge in [-0.1, -0.05) is 41.0 Å². The van der Waals surface area contributed by atoms with Crippen LogP contribution >= 0.6 is 35.0 Å². The molecule has 0 saturated carbocycles. The van der Waals surface area contributed by atoms with Crippen molar-refractivity contribution in [2.24, 2.45) is 0 Å². The average Bonchev–Trinajstić information content (AvgIpc) is 3.11. The summed E-state index contributed by atoms with van der Waals surface area (Å²) in [6, 6.07) is 5.39. The number of nitrogens with zero attached hydrogens (tertiary/aromatic N) is 2. The average molecular weight is 360 g/mol. The van der Waals surface area contributed by atoms with Crippen LogP contribution in [0, 0.1) is 0 Å². The summed E-state index contributed by atoms with van der Waals surface area (Å²) in [5, 5.41) is 8.45. The third-order valence-electron chi connectivity index (χ3n) is 3.51. The summed E-state index contributed by atoms with van der Waals surface area (Å²) in [7, 11) is 0. The van der Waals surface area contributed by atoms with Gasteiger partial charge in [-0.15, -0.1) is 5.10 Å². The van der Waals surface area contributed by atoms with E-state index in [1.165, 1.54) is 11.8 Å². The lowest BCUT2D eigenvalue weighted by Crippen LogP contribution is -2.24. The fourth-order valence-corrected chi connectivity index (χ4v) is 3.86. The highest BCUT2D eigenvalue weighted by molar-refractivity contribution is 7.98. The maximum Gasteiger partial charge on any atom is 0.344 e. The zero-order valence-corrected chi connectivity index (χ0v) is 14.0. The molecule has 0 spiro atoms. The van der Waals surface area contributed by atoms with E-state index in [-0.39, 0.29) is 11.8 Å². The van der Waals surface area contributed by atoms with Gasteiger partial charge in [0, 0.05) is 22.4 Å². The van der Waals surface area contributed by atoms with Crippen LogP contribution in [0.5, 0.6) is 0 Å². The van der Waals surface area contributed by atoms with Crippen molar-refractivity contribution in [3.8, 4) is 0 Å². The lowest BCUT2D eigenvalue weighted by molar-refractivity contribution is 0.0941. The first kappa shape index (κ1) is 15.9. The van der Waals surface area contributed by atoms with Crippen LogP contribution in [0.4, 0.5) is 0 Å². The fraction of sp³-hybridized carbons (Fsp3) is 0.429. The summed E-state index contributed by atoms with van der Waals surface area (Å²) in [4.78, 5) is 11.9. The van der Waals surface area contributed by atoms with Crippen LogP contribution in [-0.2, 0) is 17.0 Å². The number of hydrogen-bond donors (Lipinski definition) is 1. The molecular formula is C14H15Cl2N3O2S. The van der Waals surface area contributed by atoms with E-state index in [4.69, 9.17) is 27.9 Å². The van der Waals surface area contributed by atoms with E-state index in [2.05, 4.69) is 10.2 Å². The van der Waals surface area contributed by atoms with Crippen molar-refractivity contribution in [1.82, 2.24) is 14.8 Å². The molecule has 2 heterocycles. The second kappa shape index (κ2) is 7.08. The molecule has 1 atom stereocenters. The summed E-state index contributed by atoms with van der Waals surface area (Å²) in [5.41, 5.74) is 0.746. The van der Waals surface area contributed by atoms with Crippen LogP contribution in [0.2, 0.25) is 10.0 Å². The van der Waals surface area contributed by atoms with Crippen LogP contribution in [0.3, 0.4) is 0 Å². The topological polar surface area (TPSA) is 59.9 Å². The minimum Gasteiger partial charge on any atom is -0.376 e. The molecule has 0 aliphatic carbocycles. The predicted octanol–water partition coefficient (Wildman–Crippen LogP) is 3.35. The Morgan fingerprint density at radius 2 is 2.32 bits per heavy atom. The number of nitrogens with one attached hydrogen (secondary N) is 1. The molecule has 0 unspecified atom stereocenters. The van der Waals surface area contributed by atoms with Crippen LogP contribution in [0.1, 0.15) is 18.4 Å². The SMILES string of the molecule is O=c1[nH]nc(SCc2ccc(Cl)cc2Cl)n1C[C@H]1CCCO1. The smallest absolute Gasteiger partial charge is 0.344 e. The molecule has 1 saturated heterocycles. The molecule has 3 rings (SSSR count). The molecule has 1 fully saturated rings. The normalized spacial score (nSPS) is 18.0. The van der Waals surface area contributed by atoms with Crippen LogP contribution in [0.15, 0.2) is 28.2 Å². The molecule has 1 aliphatic rings. The van der Waals surface area contributed by atoms with E-state index in [1.54, 1.807) is 16.7 Å². The first-order chi connectivity index (χ1) is 10.6. The van der Waals surface area contributed by atoms with E-state index >= 15 is 0 Å². The molecule has 1 aromatic carbocycles. The summed E-state index contributed by atoms with van der Waals surface area (Å²) >= 11 is 13.5.